The molecule has 1 aliphatic heterocycles. The van der Waals surface area contributed by atoms with E-state index in [1.54, 1.807) is 19.2 Å². The van der Waals surface area contributed by atoms with Crippen molar-refractivity contribution in [1.82, 2.24) is 15.0 Å². The van der Waals surface area contributed by atoms with Gasteiger partial charge in [0.25, 0.3) is 5.91 Å². The second-order valence-corrected chi connectivity index (χ2v) is 10.7. The zero-order valence-electron chi connectivity index (χ0n) is 22.0. The quantitative estimate of drug-likeness (QED) is 0.272. The average molecular weight is 539 g/mol. The number of hydrogen-bond acceptors (Lipinski definition) is 6. The predicted octanol–water partition coefficient (Wildman–Crippen LogP) is 6.50. The lowest BCUT2D eigenvalue weighted by molar-refractivity contribution is -0.130. The summed E-state index contributed by atoms with van der Waals surface area (Å²) in [5.41, 5.74) is 6.22. The monoisotopic (exact) mass is 538 g/mol. The van der Waals surface area contributed by atoms with Gasteiger partial charge in [-0.1, -0.05) is 48.2 Å². The van der Waals surface area contributed by atoms with Gasteiger partial charge in [-0.05, 0) is 78.4 Å². The van der Waals surface area contributed by atoms with Crippen LogP contribution in [0.25, 0.3) is 17.1 Å². The van der Waals surface area contributed by atoms with Crippen molar-refractivity contribution >= 4 is 40.5 Å². The number of aromatic amines is 1. The number of para-hydroxylation sites is 2. The number of thioether (sulfide) groups is 1. The molecule has 2 heterocycles. The van der Waals surface area contributed by atoms with E-state index in [2.05, 4.69) is 40.3 Å². The average Bonchev–Trinajstić information content (AvgIpc) is 3.58. The zero-order chi connectivity index (χ0) is 26.8. The highest BCUT2D eigenvalue weighted by atomic mass is 32.2. The van der Waals surface area contributed by atoms with E-state index < -0.39 is 0 Å². The van der Waals surface area contributed by atoms with Crippen molar-refractivity contribution in [3.05, 3.63) is 89.5 Å². The van der Waals surface area contributed by atoms with Gasteiger partial charge in [-0.2, -0.15) is 5.10 Å². The number of amides is 1. The smallest absolute Gasteiger partial charge is 0.253 e. The molecule has 1 aromatic heterocycles. The first kappa shape index (κ1) is 25.2. The minimum atomic E-state index is -0.158. The van der Waals surface area contributed by atoms with Crippen molar-refractivity contribution < 1.29 is 14.3 Å². The van der Waals surface area contributed by atoms with Gasteiger partial charge in [-0.25, -0.2) is 9.99 Å². The van der Waals surface area contributed by atoms with Crippen LogP contribution in [-0.2, 0) is 4.79 Å². The molecule has 1 saturated carbocycles. The highest BCUT2D eigenvalue weighted by Gasteiger charge is 2.43. The Balaban J connectivity index is 1.30. The number of nitrogens with one attached hydrogen (secondary N) is 1. The van der Waals surface area contributed by atoms with E-state index in [1.165, 1.54) is 17.3 Å². The number of nitrogens with zero attached hydrogens (tertiary/aromatic N) is 3. The second-order valence-electron chi connectivity index (χ2n) is 9.73. The topological polar surface area (TPSA) is 79.8 Å². The number of aromatic nitrogens is 2. The van der Waals surface area contributed by atoms with Crippen molar-refractivity contribution in [3.63, 3.8) is 0 Å². The number of H-pyrrole nitrogens is 1. The van der Waals surface area contributed by atoms with Gasteiger partial charge < -0.3 is 14.5 Å². The molecule has 2 aliphatic rings. The van der Waals surface area contributed by atoms with Crippen LogP contribution in [0.4, 0.5) is 0 Å². The minimum absolute atomic E-state index is 0.0352. The molecule has 39 heavy (non-hydrogen) atoms. The summed E-state index contributed by atoms with van der Waals surface area (Å²) in [5.74, 6) is 1.96. The summed E-state index contributed by atoms with van der Waals surface area (Å²) in [4.78, 5) is 21.6. The lowest BCUT2D eigenvalue weighted by atomic mass is 9.77. The summed E-state index contributed by atoms with van der Waals surface area (Å²) in [7, 11) is 3.33. The summed E-state index contributed by atoms with van der Waals surface area (Å²) in [6.45, 7) is 0. The normalized spacial score (nSPS) is 19.7. The molecule has 0 unspecified atom stereocenters. The van der Waals surface area contributed by atoms with Gasteiger partial charge in [0.1, 0.15) is 11.5 Å². The fourth-order valence-corrected chi connectivity index (χ4v) is 6.17. The first-order valence-corrected chi connectivity index (χ1v) is 14.1. The first-order valence-electron chi connectivity index (χ1n) is 13.1. The van der Waals surface area contributed by atoms with E-state index in [0.29, 0.717) is 0 Å². The van der Waals surface area contributed by atoms with Crippen LogP contribution in [0.1, 0.15) is 36.4 Å². The van der Waals surface area contributed by atoms with Crippen molar-refractivity contribution in [2.24, 2.45) is 11.0 Å². The predicted molar refractivity (Wildman–Crippen MR) is 155 cm³/mol. The Morgan fingerprint density at radius 3 is 2.46 bits per heavy atom. The molecule has 1 N–H and O–H groups in total. The van der Waals surface area contributed by atoms with Crippen LogP contribution in [0, 0.1) is 5.92 Å². The molecule has 2 atom stereocenters. The Kier molecular flexibility index (Phi) is 7.11. The molecule has 198 valence electrons. The number of benzene rings is 3. The lowest BCUT2D eigenvalue weighted by Gasteiger charge is -2.29. The van der Waals surface area contributed by atoms with E-state index >= 15 is 0 Å². The van der Waals surface area contributed by atoms with Crippen molar-refractivity contribution in [3.8, 4) is 11.5 Å². The Morgan fingerprint density at radius 2 is 1.74 bits per heavy atom. The van der Waals surface area contributed by atoms with Gasteiger partial charge in [-0.3, -0.25) is 4.79 Å². The number of ether oxygens (including phenoxy) is 2. The fourth-order valence-electron chi connectivity index (χ4n) is 5.44. The van der Waals surface area contributed by atoms with Crippen LogP contribution in [-0.4, -0.2) is 46.6 Å². The molecule has 8 heteroatoms. The van der Waals surface area contributed by atoms with Crippen molar-refractivity contribution in [2.75, 3.05) is 20.0 Å². The maximum Gasteiger partial charge on any atom is 0.253 e. The SMILES string of the molecule is COc1ccc(/C=C2/CCC[C@@H]3C2=NN(C(=O)CSc2nc4ccccc4[nH]2)[C@H]3c2ccc(OC)cc2)cc1. The van der Waals surface area contributed by atoms with Crippen molar-refractivity contribution in [1.29, 1.82) is 0 Å². The number of allylic oxidation sites excluding steroid dienone is 1. The van der Waals surface area contributed by atoms with E-state index in [0.717, 1.165) is 63.8 Å². The maximum absolute atomic E-state index is 13.7. The highest BCUT2D eigenvalue weighted by Crippen LogP contribution is 2.45. The molecular formula is C31H30N4O3S. The van der Waals surface area contributed by atoms with Crippen LogP contribution in [0.15, 0.2) is 88.6 Å². The number of carbonyl (C=O) groups is 1. The molecule has 0 saturated heterocycles. The highest BCUT2D eigenvalue weighted by molar-refractivity contribution is 7.99. The molecule has 7 nitrogen and oxygen atoms in total. The summed E-state index contributed by atoms with van der Waals surface area (Å²) in [5, 5.41) is 7.45. The van der Waals surface area contributed by atoms with Crippen molar-refractivity contribution in [2.45, 2.75) is 30.5 Å². The molecule has 0 bridgehead atoms. The van der Waals surface area contributed by atoms with Gasteiger partial charge in [0, 0.05) is 5.92 Å². The summed E-state index contributed by atoms with van der Waals surface area (Å²) >= 11 is 1.41. The second kappa shape index (κ2) is 11.0. The van der Waals surface area contributed by atoms with E-state index in [1.807, 2.05) is 48.5 Å². The number of fused-ring (bicyclic) bond motifs is 2. The molecule has 1 amide bonds. The minimum Gasteiger partial charge on any atom is -0.497 e. The molecule has 1 aliphatic carbocycles. The number of rotatable bonds is 7. The van der Waals surface area contributed by atoms with E-state index in [-0.39, 0.29) is 23.6 Å². The summed E-state index contributed by atoms with van der Waals surface area (Å²) in [6, 6.07) is 23.8. The maximum atomic E-state index is 13.7. The zero-order valence-corrected chi connectivity index (χ0v) is 22.8. The first-order chi connectivity index (χ1) is 19.1. The Labute approximate surface area is 231 Å². The number of imidazole rings is 1. The summed E-state index contributed by atoms with van der Waals surface area (Å²) in [6.07, 6.45) is 5.17. The van der Waals surface area contributed by atoms with Gasteiger partial charge >= 0.3 is 0 Å². The van der Waals surface area contributed by atoms with Crippen LogP contribution < -0.4 is 9.47 Å². The number of methoxy groups -OCH3 is 2. The molecule has 4 aromatic rings. The molecule has 1 fully saturated rings. The Morgan fingerprint density at radius 1 is 1.03 bits per heavy atom. The standard InChI is InChI=1S/C31H30N4O3S/c1-37-23-14-10-20(11-15-23)18-22-6-5-7-25-29(22)34-35(30(25)21-12-16-24(38-2)17-13-21)28(36)19-39-31-32-26-8-3-4-9-27(26)33-31/h3-4,8-18,25,30H,5-7,19H2,1-2H3,(H,32,33)/b22-18-/t25-,30+/m1/s1. The molecular weight excluding hydrogens is 508 g/mol. The number of carbonyl (C=O) groups excluding carboxylic acids is 1. The van der Waals surface area contributed by atoms with E-state index in [4.69, 9.17) is 14.6 Å². The van der Waals surface area contributed by atoms with Gasteiger partial charge in [0.2, 0.25) is 0 Å². The van der Waals surface area contributed by atoms with Crippen LogP contribution in [0.5, 0.6) is 11.5 Å². The molecule has 3 aromatic carbocycles. The number of hydrogen-bond donors (Lipinski definition) is 1. The Hall–Kier alpha value is -4.04. The molecule has 6 rings (SSSR count). The van der Waals surface area contributed by atoms with Crippen LogP contribution in [0.3, 0.4) is 0 Å². The largest absolute Gasteiger partial charge is 0.497 e. The van der Waals surface area contributed by atoms with Crippen LogP contribution >= 0.6 is 11.8 Å². The molecule has 0 spiro atoms. The third kappa shape index (κ3) is 5.16. The van der Waals surface area contributed by atoms with Gasteiger partial charge in [0.15, 0.2) is 5.16 Å². The number of hydrazone groups is 1. The van der Waals surface area contributed by atoms with Gasteiger partial charge in [-0.15, -0.1) is 0 Å². The third-order valence-electron chi connectivity index (χ3n) is 7.37. The summed E-state index contributed by atoms with van der Waals surface area (Å²) < 4.78 is 10.7. The van der Waals surface area contributed by atoms with Crippen LogP contribution in [0.2, 0.25) is 0 Å². The third-order valence-corrected chi connectivity index (χ3v) is 8.23. The Bertz CT molecular complexity index is 1510. The lowest BCUT2D eigenvalue weighted by Crippen LogP contribution is -2.32. The fraction of sp³-hybridized carbons (Fsp3) is 0.258. The molecule has 0 radical (unpaired) electrons. The van der Waals surface area contributed by atoms with E-state index in [9.17, 15) is 4.79 Å². The van der Waals surface area contributed by atoms with Gasteiger partial charge in [0.05, 0.1) is 42.8 Å².